The summed E-state index contributed by atoms with van der Waals surface area (Å²) in [7, 11) is 0. The van der Waals surface area contributed by atoms with Gasteiger partial charge in [-0.2, -0.15) is 4.98 Å². The summed E-state index contributed by atoms with van der Waals surface area (Å²) < 4.78 is 1.89. The standard InChI is InChI=1S/C20H20N6O2/c1-12-8-15-16(9-13(12)2)26(7-6-22-11-14-4-3-5-21-10-14)18-17(23-15)19(27)25-20(28)24-18/h3-5,8-10,22H,6-7,11H2,1-2H3,(H,25,27,28). The topological polar surface area (TPSA) is 106 Å². The molecule has 0 bridgehead atoms. The summed E-state index contributed by atoms with van der Waals surface area (Å²) in [5, 5.41) is 3.36. The Morgan fingerprint density at radius 3 is 2.75 bits per heavy atom. The fraction of sp³-hybridized carbons (Fsp3) is 0.250. The summed E-state index contributed by atoms with van der Waals surface area (Å²) in [5.74, 6) is 0.299. The van der Waals surface area contributed by atoms with Gasteiger partial charge in [0.25, 0.3) is 5.56 Å². The summed E-state index contributed by atoms with van der Waals surface area (Å²) in [6.07, 6.45) is 3.55. The van der Waals surface area contributed by atoms with E-state index in [4.69, 9.17) is 0 Å². The lowest BCUT2D eigenvalue weighted by molar-refractivity contribution is 0.602. The lowest BCUT2D eigenvalue weighted by Crippen LogP contribution is -2.30. The molecular weight excluding hydrogens is 356 g/mol. The molecule has 3 heterocycles. The van der Waals surface area contributed by atoms with E-state index in [0.29, 0.717) is 31.0 Å². The molecule has 2 aromatic rings. The SMILES string of the molecule is Cc1cc2nc3c(=O)[nH]c(=O)nc-3n(CCNCc3cccnc3)c2cc1C. The monoisotopic (exact) mass is 376 g/mol. The van der Waals surface area contributed by atoms with Crippen molar-refractivity contribution >= 4 is 11.0 Å². The summed E-state index contributed by atoms with van der Waals surface area (Å²) in [6.45, 7) is 5.86. The number of pyridine rings is 1. The Morgan fingerprint density at radius 2 is 1.96 bits per heavy atom. The molecule has 0 radical (unpaired) electrons. The van der Waals surface area contributed by atoms with Crippen LogP contribution in [-0.4, -0.2) is 31.0 Å². The number of H-pyrrole nitrogens is 1. The van der Waals surface area contributed by atoms with E-state index in [-0.39, 0.29) is 5.69 Å². The zero-order chi connectivity index (χ0) is 19.7. The molecule has 0 amide bonds. The molecule has 142 valence electrons. The molecule has 0 unspecified atom stereocenters. The molecule has 2 N–H and O–H groups in total. The number of fused-ring (bicyclic) bond motifs is 2. The van der Waals surface area contributed by atoms with Crippen LogP contribution in [0.1, 0.15) is 16.7 Å². The third-order valence-corrected chi connectivity index (χ3v) is 4.79. The van der Waals surface area contributed by atoms with Crippen molar-refractivity contribution in [2.45, 2.75) is 26.9 Å². The minimum atomic E-state index is -0.667. The first-order valence-corrected chi connectivity index (χ1v) is 9.04. The van der Waals surface area contributed by atoms with E-state index in [9.17, 15) is 9.59 Å². The smallest absolute Gasteiger partial charge is 0.321 e. The Kier molecular flexibility index (Phi) is 4.70. The molecule has 4 rings (SSSR count). The average Bonchev–Trinajstić information content (AvgIpc) is 2.67. The van der Waals surface area contributed by atoms with Gasteiger partial charge in [0.1, 0.15) is 0 Å². The number of nitrogens with one attached hydrogen (secondary N) is 2. The molecule has 1 aromatic heterocycles. The van der Waals surface area contributed by atoms with Crippen LogP contribution in [0.5, 0.6) is 0 Å². The normalized spacial score (nSPS) is 11.4. The van der Waals surface area contributed by atoms with Gasteiger partial charge in [-0.1, -0.05) is 6.07 Å². The second-order valence-electron chi connectivity index (χ2n) is 6.77. The summed E-state index contributed by atoms with van der Waals surface area (Å²) in [4.78, 5) is 38.9. The molecule has 2 aliphatic heterocycles. The number of aromatic nitrogens is 5. The number of aromatic amines is 1. The highest BCUT2D eigenvalue weighted by Crippen LogP contribution is 2.23. The average molecular weight is 376 g/mol. The van der Waals surface area contributed by atoms with Crippen LogP contribution in [0, 0.1) is 13.8 Å². The lowest BCUT2D eigenvalue weighted by atomic mass is 10.1. The van der Waals surface area contributed by atoms with Gasteiger partial charge >= 0.3 is 5.69 Å². The Balaban J connectivity index is 1.74. The van der Waals surface area contributed by atoms with Crippen molar-refractivity contribution in [3.63, 3.8) is 0 Å². The van der Waals surface area contributed by atoms with Crippen LogP contribution in [0.15, 0.2) is 46.2 Å². The van der Waals surface area contributed by atoms with E-state index in [2.05, 4.69) is 25.3 Å². The van der Waals surface area contributed by atoms with E-state index >= 15 is 0 Å². The molecule has 8 nitrogen and oxygen atoms in total. The Bertz CT molecular complexity index is 1230. The minimum Gasteiger partial charge on any atom is -0.321 e. The van der Waals surface area contributed by atoms with E-state index in [0.717, 1.165) is 22.2 Å². The molecule has 2 aliphatic rings. The van der Waals surface area contributed by atoms with Gasteiger partial charge in [-0.3, -0.25) is 14.8 Å². The fourth-order valence-electron chi connectivity index (χ4n) is 3.20. The number of hydrogen-bond acceptors (Lipinski definition) is 6. The van der Waals surface area contributed by atoms with E-state index < -0.39 is 11.2 Å². The van der Waals surface area contributed by atoms with E-state index in [1.165, 1.54) is 0 Å². The quantitative estimate of drug-likeness (QED) is 0.403. The number of nitrogens with zero attached hydrogens (tertiary/aromatic N) is 4. The molecular formula is C20H20N6O2. The highest BCUT2D eigenvalue weighted by atomic mass is 16.2. The van der Waals surface area contributed by atoms with Crippen LogP contribution >= 0.6 is 0 Å². The molecule has 0 saturated carbocycles. The summed E-state index contributed by atoms with van der Waals surface area (Å²) in [5.41, 5.74) is 3.81. The van der Waals surface area contributed by atoms with Crippen molar-refractivity contribution < 1.29 is 0 Å². The van der Waals surface area contributed by atoms with Gasteiger partial charge in [0.15, 0.2) is 11.5 Å². The molecule has 1 aromatic carbocycles. The summed E-state index contributed by atoms with van der Waals surface area (Å²) in [6, 6.07) is 7.87. The minimum absolute atomic E-state index is 0.169. The maximum absolute atomic E-state index is 12.3. The Hall–Kier alpha value is -3.39. The van der Waals surface area contributed by atoms with Gasteiger partial charge in [0.05, 0.1) is 11.0 Å². The van der Waals surface area contributed by atoms with Gasteiger partial charge in [-0.25, -0.2) is 9.78 Å². The molecule has 0 fully saturated rings. The van der Waals surface area contributed by atoms with Gasteiger partial charge in [-0.05, 0) is 48.7 Å². The van der Waals surface area contributed by atoms with Crippen LogP contribution in [-0.2, 0) is 13.1 Å². The van der Waals surface area contributed by atoms with Crippen LogP contribution in [0.25, 0.3) is 22.6 Å². The van der Waals surface area contributed by atoms with Gasteiger partial charge in [0.2, 0.25) is 0 Å². The van der Waals surface area contributed by atoms with Crippen LogP contribution in [0.2, 0.25) is 0 Å². The number of hydrogen-bond donors (Lipinski definition) is 2. The predicted octanol–water partition coefficient (Wildman–Crippen LogP) is 1.39. The van der Waals surface area contributed by atoms with Gasteiger partial charge in [-0.15, -0.1) is 0 Å². The Labute approximate surface area is 160 Å². The second-order valence-corrected chi connectivity index (χ2v) is 6.77. The van der Waals surface area contributed by atoms with Crippen molar-refractivity contribution in [3.8, 4) is 11.5 Å². The van der Waals surface area contributed by atoms with Crippen LogP contribution in [0.3, 0.4) is 0 Å². The first kappa shape index (κ1) is 18.0. The molecule has 28 heavy (non-hydrogen) atoms. The Morgan fingerprint density at radius 1 is 1.14 bits per heavy atom. The summed E-state index contributed by atoms with van der Waals surface area (Å²) >= 11 is 0. The first-order valence-electron chi connectivity index (χ1n) is 9.04. The molecule has 0 saturated heterocycles. The third kappa shape index (κ3) is 3.41. The predicted molar refractivity (Wildman–Crippen MR) is 106 cm³/mol. The molecule has 8 heteroatoms. The van der Waals surface area contributed by atoms with Crippen molar-refractivity contribution in [2.24, 2.45) is 0 Å². The van der Waals surface area contributed by atoms with Crippen LogP contribution in [0.4, 0.5) is 0 Å². The highest BCUT2D eigenvalue weighted by Gasteiger charge is 2.18. The number of benzene rings is 1. The van der Waals surface area contributed by atoms with Crippen molar-refractivity contribution in [1.29, 1.82) is 0 Å². The maximum atomic E-state index is 12.3. The molecule has 0 atom stereocenters. The van der Waals surface area contributed by atoms with Gasteiger partial charge in [0, 0.05) is 32.0 Å². The second kappa shape index (κ2) is 7.32. The first-order chi connectivity index (χ1) is 13.5. The van der Waals surface area contributed by atoms with Crippen molar-refractivity contribution in [2.75, 3.05) is 6.54 Å². The molecule has 0 spiro atoms. The molecule has 0 aliphatic carbocycles. The fourth-order valence-corrected chi connectivity index (χ4v) is 3.20. The largest absolute Gasteiger partial charge is 0.349 e. The number of aryl methyl sites for hydroxylation is 2. The van der Waals surface area contributed by atoms with E-state index in [1.807, 2.05) is 48.9 Å². The zero-order valence-electron chi connectivity index (χ0n) is 15.7. The van der Waals surface area contributed by atoms with E-state index in [1.54, 1.807) is 6.20 Å². The third-order valence-electron chi connectivity index (χ3n) is 4.79. The lowest BCUT2D eigenvalue weighted by Gasteiger charge is -2.18. The van der Waals surface area contributed by atoms with Crippen molar-refractivity contribution in [1.82, 2.24) is 29.8 Å². The zero-order valence-corrected chi connectivity index (χ0v) is 15.7. The maximum Gasteiger partial charge on any atom is 0.349 e. The van der Waals surface area contributed by atoms with Crippen LogP contribution < -0.4 is 16.6 Å². The van der Waals surface area contributed by atoms with Crippen molar-refractivity contribution in [3.05, 3.63) is 74.2 Å². The highest BCUT2D eigenvalue weighted by molar-refractivity contribution is 5.81. The van der Waals surface area contributed by atoms with Gasteiger partial charge < -0.3 is 9.88 Å². The number of rotatable bonds is 5.